The lowest BCUT2D eigenvalue weighted by atomic mass is 10.1. The molecule has 0 aliphatic rings. The normalized spacial score (nSPS) is 12.7. The molecule has 0 fully saturated rings. The molecule has 39 valence electrons. The van der Waals surface area contributed by atoms with Gasteiger partial charge in [0.2, 0.25) is 0 Å². The summed E-state index contributed by atoms with van der Waals surface area (Å²) in [6.45, 7) is 5.43. The molecule has 1 nitrogen and oxygen atoms in total. The van der Waals surface area contributed by atoms with Crippen LogP contribution in [0.4, 0.5) is 0 Å². The number of rotatable bonds is 3. The summed E-state index contributed by atoms with van der Waals surface area (Å²) >= 11 is 0. The van der Waals surface area contributed by atoms with Crippen LogP contribution in [0.15, 0.2) is 12.7 Å². The highest BCUT2D eigenvalue weighted by molar-refractivity contribution is 5.51. The van der Waals surface area contributed by atoms with E-state index in [1.54, 1.807) is 12.4 Å². The Hall–Kier alpha value is -0.590. The fourth-order valence-corrected chi connectivity index (χ4v) is 0.215. The van der Waals surface area contributed by atoms with Gasteiger partial charge in [-0.3, -0.25) is 4.79 Å². The highest BCUT2D eigenvalue weighted by Crippen LogP contribution is 1.96. The number of carbonyl (C=O) groups excluding carboxylic acids is 1. The van der Waals surface area contributed by atoms with Crippen molar-refractivity contribution in [3.05, 3.63) is 12.7 Å². The number of hydrogen-bond acceptors (Lipinski definition) is 1. The van der Waals surface area contributed by atoms with Crippen LogP contribution in [0.3, 0.4) is 0 Å². The lowest BCUT2D eigenvalue weighted by molar-refractivity contribution is 0.542. The maximum absolute atomic E-state index is 9.60. The molecule has 0 aromatic heterocycles. The van der Waals surface area contributed by atoms with Crippen molar-refractivity contribution in [2.45, 2.75) is 13.3 Å². The molecule has 1 atom stereocenters. The maximum Gasteiger partial charge on any atom is 0.198 e. The zero-order valence-corrected chi connectivity index (χ0v) is 4.48. The zero-order chi connectivity index (χ0) is 5.70. The first-order valence-corrected chi connectivity index (χ1v) is 2.28. The fraction of sp³-hybridized carbons (Fsp3) is 0.500. The minimum atomic E-state index is 0.289. The molecule has 0 N–H and O–H groups in total. The standard InChI is InChI=1S/C6H9O/c1-3-6(2)4-5-7/h3,6H,1,4H2,2H3. The minimum absolute atomic E-state index is 0.289. The van der Waals surface area contributed by atoms with Gasteiger partial charge in [0.25, 0.3) is 0 Å². The van der Waals surface area contributed by atoms with Gasteiger partial charge >= 0.3 is 0 Å². The summed E-state index contributed by atoms with van der Waals surface area (Å²) in [5.74, 6) is 0.289. The average molecular weight is 97.1 g/mol. The predicted octanol–water partition coefficient (Wildman–Crippen LogP) is 1.31. The van der Waals surface area contributed by atoms with E-state index < -0.39 is 0 Å². The SMILES string of the molecule is C=CC(C)C[C]=O. The Labute approximate surface area is 44.0 Å². The monoisotopic (exact) mass is 97.1 g/mol. The fourth-order valence-electron chi connectivity index (χ4n) is 0.215. The van der Waals surface area contributed by atoms with Crippen LogP contribution in [0.5, 0.6) is 0 Å². The van der Waals surface area contributed by atoms with Crippen LogP contribution in [0, 0.1) is 5.92 Å². The van der Waals surface area contributed by atoms with Gasteiger partial charge in [-0.1, -0.05) is 13.0 Å². The molecule has 1 unspecified atom stereocenters. The first-order chi connectivity index (χ1) is 3.31. The Morgan fingerprint density at radius 2 is 2.57 bits per heavy atom. The lowest BCUT2D eigenvalue weighted by Crippen LogP contribution is -1.87. The smallest absolute Gasteiger partial charge is 0.198 e. The van der Waals surface area contributed by atoms with Crippen molar-refractivity contribution in [3.8, 4) is 0 Å². The molecule has 7 heavy (non-hydrogen) atoms. The van der Waals surface area contributed by atoms with Crippen LogP contribution < -0.4 is 0 Å². The van der Waals surface area contributed by atoms with E-state index in [9.17, 15) is 4.79 Å². The van der Waals surface area contributed by atoms with Crippen molar-refractivity contribution in [2.75, 3.05) is 0 Å². The summed E-state index contributed by atoms with van der Waals surface area (Å²) in [6, 6.07) is 0. The lowest BCUT2D eigenvalue weighted by Gasteiger charge is -1.92. The Morgan fingerprint density at radius 3 is 2.71 bits per heavy atom. The third-order valence-electron chi connectivity index (χ3n) is 0.808. The molecule has 1 heteroatoms. The average Bonchev–Trinajstić information content (AvgIpc) is 1.68. The molecule has 0 aliphatic carbocycles. The summed E-state index contributed by atoms with van der Waals surface area (Å²) in [6.07, 6.45) is 4.01. The molecule has 0 bridgehead atoms. The quantitative estimate of drug-likeness (QED) is 0.485. The molecule has 0 aromatic carbocycles. The summed E-state index contributed by atoms with van der Waals surface area (Å²) in [5.41, 5.74) is 0. The number of hydrogen-bond donors (Lipinski definition) is 0. The minimum Gasteiger partial charge on any atom is -0.291 e. The third-order valence-corrected chi connectivity index (χ3v) is 0.808. The topological polar surface area (TPSA) is 17.1 Å². The summed E-state index contributed by atoms with van der Waals surface area (Å²) in [5, 5.41) is 0. The van der Waals surface area contributed by atoms with E-state index in [0.717, 1.165) is 0 Å². The Bertz CT molecular complexity index is 66.6. The van der Waals surface area contributed by atoms with Crippen LogP contribution in [0.1, 0.15) is 13.3 Å². The van der Waals surface area contributed by atoms with Gasteiger partial charge in [-0.25, -0.2) is 0 Å². The second-order valence-corrected chi connectivity index (χ2v) is 1.56. The van der Waals surface area contributed by atoms with Gasteiger partial charge in [-0.05, 0) is 5.92 Å². The molecule has 0 rings (SSSR count). The summed E-state index contributed by atoms with van der Waals surface area (Å²) in [4.78, 5) is 9.60. The summed E-state index contributed by atoms with van der Waals surface area (Å²) in [7, 11) is 0. The molecule has 0 saturated carbocycles. The van der Waals surface area contributed by atoms with E-state index in [-0.39, 0.29) is 5.92 Å². The van der Waals surface area contributed by atoms with E-state index in [0.29, 0.717) is 6.42 Å². The van der Waals surface area contributed by atoms with Crippen LogP contribution in [-0.2, 0) is 4.79 Å². The van der Waals surface area contributed by atoms with Crippen molar-refractivity contribution in [1.82, 2.24) is 0 Å². The Balaban J connectivity index is 3.15. The van der Waals surface area contributed by atoms with Crippen molar-refractivity contribution in [2.24, 2.45) is 5.92 Å². The molecule has 0 saturated heterocycles. The van der Waals surface area contributed by atoms with Crippen LogP contribution in [0.25, 0.3) is 0 Å². The van der Waals surface area contributed by atoms with Crippen molar-refractivity contribution < 1.29 is 4.79 Å². The Morgan fingerprint density at radius 1 is 2.00 bits per heavy atom. The first-order valence-electron chi connectivity index (χ1n) is 2.28. The summed E-state index contributed by atoms with van der Waals surface area (Å²) < 4.78 is 0. The van der Waals surface area contributed by atoms with Gasteiger partial charge in [-0.2, -0.15) is 0 Å². The largest absolute Gasteiger partial charge is 0.291 e. The number of allylic oxidation sites excluding steroid dienone is 1. The van der Waals surface area contributed by atoms with Gasteiger partial charge in [0.15, 0.2) is 6.29 Å². The highest BCUT2D eigenvalue weighted by Gasteiger charge is 1.90. The molecule has 0 spiro atoms. The van der Waals surface area contributed by atoms with E-state index in [1.807, 2.05) is 6.92 Å². The second kappa shape index (κ2) is 3.59. The van der Waals surface area contributed by atoms with Gasteiger partial charge in [0.05, 0.1) is 0 Å². The highest BCUT2D eigenvalue weighted by atomic mass is 16.1. The second-order valence-electron chi connectivity index (χ2n) is 1.56. The van der Waals surface area contributed by atoms with Gasteiger partial charge in [0, 0.05) is 6.42 Å². The molecule has 0 heterocycles. The van der Waals surface area contributed by atoms with Crippen molar-refractivity contribution >= 4 is 6.29 Å². The van der Waals surface area contributed by atoms with Crippen molar-refractivity contribution in [1.29, 1.82) is 0 Å². The predicted molar refractivity (Wildman–Crippen MR) is 29.7 cm³/mol. The van der Waals surface area contributed by atoms with Gasteiger partial charge in [0.1, 0.15) is 0 Å². The van der Waals surface area contributed by atoms with Crippen LogP contribution in [0.2, 0.25) is 0 Å². The van der Waals surface area contributed by atoms with Gasteiger partial charge < -0.3 is 0 Å². The van der Waals surface area contributed by atoms with Crippen LogP contribution in [-0.4, -0.2) is 6.29 Å². The molecule has 0 aromatic rings. The van der Waals surface area contributed by atoms with E-state index >= 15 is 0 Å². The maximum atomic E-state index is 9.60. The molecule has 1 radical (unpaired) electrons. The van der Waals surface area contributed by atoms with Crippen LogP contribution >= 0.6 is 0 Å². The Kier molecular flexibility index (Phi) is 3.29. The van der Waals surface area contributed by atoms with Crippen molar-refractivity contribution in [3.63, 3.8) is 0 Å². The third kappa shape index (κ3) is 3.23. The molecule has 0 amide bonds. The van der Waals surface area contributed by atoms with E-state index in [1.165, 1.54) is 0 Å². The molecular weight excluding hydrogens is 88.1 g/mol. The van der Waals surface area contributed by atoms with E-state index in [4.69, 9.17) is 0 Å². The first kappa shape index (κ1) is 6.41. The van der Waals surface area contributed by atoms with E-state index in [2.05, 4.69) is 6.58 Å². The molecule has 0 aliphatic heterocycles. The molecular formula is C6H9O. The van der Waals surface area contributed by atoms with Gasteiger partial charge in [-0.15, -0.1) is 6.58 Å². The zero-order valence-electron chi connectivity index (χ0n) is 4.48.